The summed E-state index contributed by atoms with van der Waals surface area (Å²) in [6.07, 6.45) is 0.473. The second-order valence-corrected chi connectivity index (χ2v) is 6.99. The number of thioether (sulfide) groups is 1. The minimum atomic E-state index is 0.0721. The molecular weight excluding hydrogens is 310 g/mol. The van der Waals surface area contributed by atoms with Gasteiger partial charge in [-0.3, -0.25) is 19.6 Å². The van der Waals surface area contributed by atoms with E-state index in [1.165, 1.54) is 11.8 Å². The van der Waals surface area contributed by atoms with E-state index >= 15 is 0 Å². The van der Waals surface area contributed by atoms with E-state index in [4.69, 9.17) is 0 Å². The second-order valence-electron chi connectivity index (χ2n) is 5.79. The van der Waals surface area contributed by atoms with E-state index in [-0.39, 0.29) is 16.9 Å². The number of H-pyrrole nitrogens is 1. The molecule has 0 aliphatic carbocycles. The van der Waals surface area contributed by atoms with Gasteiger partial charge in [-0.15, -0.1) is 0 Å². The molecular formula is C17H19N3O2S. The first-order valence-corrected chi connectivity index (χ1v) is 8.59. The lowest BCUT2D eigenvalue weighted by molar-refractivity contribution is -0.117. The van der Waals surface area contributed by atoms with Gasteiger partial charge in [0.2, 0.25) is 5.91 Å². The van der Waals surface area contributed by atoms with Gasteiger partial charge >= 0.3 is 0 Å². The molecule has 0 saturated carbocycles. The van der Waals surface area contributed by atoms with Crippen LogP contribution in [-0.4, -0.2) is 33.5 Å². The monoisotopic (exact) mass is 329 g/mol. The van der Waals surface area contributed by atoms with Crippen molar-refractivity contribution < 1.29 is 9.59 Å². The van der Waals surface area contributed by atoms with Crippen molar-refractivity contribution in [1.82, 2.24) is 10.2 Å². The topological polar surface area (TPSA) is 66.1 Å². The number of anilines is 1. The zero-order valence-corrected chi connectivity index (χ0v) is 14.0. The highest BCUT2D eigenvalue weighted by Gasteiger charge is 2.34. The molecule has 120 valence electrons. The maximum absolute atomic E-state index is 12.4. The number of amides is 1. The minimum Gasteiger partial charge on any atom is -0.294 e. The third kappa shape index (κ3) is 3.32. The molecule has 1 aliphatic heterocycles. The van der Waals surface area contributed by atoms with Crippen LogP contribution in [-0.2, 0) is 9.59 Å². The van der Waals surface area contributed by atoms with Crippen LogP contribution in [0.15, 0.2) is 30.3 Å². The van der Waals surface area contributed by atoms with Gasteiger partial charge in [0.1, 0.15) is 0 Å². The molecule has 6 heteroatoms. The van der Waals surface area contributed by atoms with Crippen LogP contribution in [0, 0.1) is 12.8 Å². The highest BCUT2D eigenvalue weighted by atomic mass is 32.2. The predicted octanol–water partition coefficient (Wildman–Crippen LogP) is 3.02. The summed E-state index contributed by atoms with van der Waals surface area (Å²) in [5.41, 5.74) is 2.96. The first kappa shape index (κ1) is 15.8. The summed E-state index contributed by atoms with van der Waals surface area (Å²) in [6, 6.07) is 9.96. The van der Waals surface area contributed by atoms with Gasteiger partial charge < -0.3 is 0 Å². The maximum Gasteiger partial charge on any atom is 0.228 e. The molecule has 23 heavy (non-hydrogen) atoms. The smallest absolute Gasteiger partial charge is 0.228 e. The van der Waals surface area contributed by atoms with Crippen molar-refractivity contribution in [3.63, 3.8) is 0 Å². The Balaban J connectivity index is 1.86. The molecule has 1 fully saturated rings. The van der Waals surface area contributed by atoms with Gasteiger partial charge in [0.25, 0.3) is 0 Å². The lowest BCUT2D eigenvalue weighted by Crippen LogP contribution is -2.25. The maximum atomic E-state index is 12.4. The summed E-state index contributed by atoms with van der Waals surface area (Å²) in [7, 11) is 0. The fourth-order valence-corrected chi connectivity index (χ4v) is 3.59. The number of carbonyl (C=O) groups is 2. The molecule has 3 rings (SSSR count). The van der Waals surface area contributed by atoms with E-state index in [1.54, 1.807) is 11.8 Å². The molecule has 1 atom stereocenters. The Kier molecular flexibility index (Phi) is 4.52. The van der Waals surface area contributed by atoms with Crippen molar-refractivity contribution in [3.05, 3.63) is 36.0 Å². The molecule has 1 aromatic heterocycles. The Morgan fingerprint density at radius 1 is 1.39 bits per heavy atom. The van der Waals surface area contributed by atoms with Crippen molar-refractivity contribution in [2.24, 2.45) is 5.92 Å². The number of aromatic nitrogens is 2. The molecule has 5 nitrogen and oxygen atoms in total. The molecule has 2 aromatic rings. The first-order valence-electron chi connectivity index (χ1n) is 7.60. The highest BCUT2D eigenvalue weighted by molar-refractivity contribution is 8.13. The molecule has 1 unspecified atom stereocenters. The van der Waals surface area contributed by atoms with Gasteiger partial charge in [0, 0.05) is 36.9 Å². The molecule has 1 N–H and O–H groups in total. The number of benzene rings is 1. The Labute approximate surface area is 139 Å². The number of nitrogens with zero attached hydrogens (tertiary/aromatic N) is 2. The Morgan fingerprint density at radius 2 is 2.13 bits per heavy atom. The van der Waals surface area contributed by atoms with Crippen molar-refractivity contribution in [1.29, 1.82) is 0 Å². The largest absolute Gasteiger partial charge is 0.294 e. The summed E-state index contributed by atoms with van der Waals surface area (Å²) in [6.45, 7) is 4.13. The standard InChI is InChI=1S/C17H19N3O2S/c1-11-16(14-6-4-3-5-7-14)17(19-18-11)20-9-13(8-15(20)22)10-23-12(2)21/h3-7,13H,8-10H2,1-2H3,(H,18,19). The quantitative estimate of drug-likeness (QED) is 0.936. The van der Waals surface area contributed by atoms with Crippen molar-refractivity contribution in [3.8, 4) is 11.1 Å². The van der Waals surface area contributed by atoms with E-state index in [1.807, 2.05) is 37.3 Å². The average molecular weight is 329 g/mol. The van der Waals surface area contributed by atoms with Crippen LogP contribution in [0.2, 0.25) is 0 Å². The van der Waals surface area contributed by atoms with Gasteiger partial charge in [-0.2, -0.15) is 5.10 Å². The van der Waals surface area contributed by atoms with Gasteiger partial charge in [-0.1, -0.05) is 42.1 Å². The summed E-state index contributed by atoms with van der Waals surface area (Å²) in [5, 5.41) is 7.45. The fraction of sp³-hybridized carbons (Fsp3) is 0.353. The summed E-state index contributed by atoms with van der Waals surface area (Å²) in [5.74, 6) is 1.63. The molecule has 2 heterocycles. The number of aromatic amines is 1. The molecule has 1 aromatic carbocycles. The van der Waals surface area contributed by atoms with Crippen molar-refractivity contribution in [2.75, 3.05) is 17.2 Å². The van der Waals surface area contributed by atoms with Crippen LogP contribution in [0.1, 0.15) is 19.0 Å². The Hall–Kier alpha value is -2.08. The van der Waals surface area contributed by atoms with Gasteiger partial charge in [0.15, 0.2) is 10.9 Å². The highest BCUT2D eigenvalue weighted by Crippen LogP contribution is 2.35. The number of nitrogens with one attached hydrogen (secondary N) is 1. The minimum absolute atomic E-state index is 0.0721. The van der Waals surface area contributed by atoms with Crippen LogP contribution < -0.4 is 4.90 Å². The van der Waals surface area contributed by atoms with E-state index in [2.05, 4.69) is 10.2 Å². The number of hydrogen-bond donors (Lipinski definition) is 1. The lowest BCUT2D eigenvalue weighted by Gasteiger charge is -2.16. The second kappa shape index (κ2) is 6.58. The van der Waals surface area contributed by atoms with E-state index in [9.17, 15) is 9.59 Å². The van der Waals surface area contributed by atoms with Crippen LogP contribution in [0.3, 0.4) is 0 Å². The van der Waals surface area contributed by atoms with E-state index in [0.29, 0.717) is 24.5 Å². The SMILES string of the molecule is CC(=O)SCC1CC(=O)N(c2n[nH]c(C)c2-c2ccccc2)C1. The molecule has 1 amide bonds. The van der Waals surface area contributed by atoms with Gasteiger partial charge in [-0.05, 0) is 18.4 Å². The molecule has 0 radical (unpaired) electrons. The number of carbonyl (C=O) groups excluding carboxylic acids is 2. The Morgan fingerprint density at radius 3 is 2.83 bits per heavy atom. The molecule has 1 aliphatic rings. The van der Waals surface area contributed by atoms with E-state index in [0.717, 1.165) is 16.8 Å². The van der Waals surface area contributed by atoms with E-state index < -0.39 is 0 Å². The summed E-state index contributed by atoms with van der Waals surface area (Å²) < 4.78 is 0. The third-order valence-corrected chi connectivity index (χ3v) is 5.02. The predicted molar refractivity (Wildman–Crippen MR) is 92.4 cm³/mol. The average Bonchev–Trinajstić information content (AvgIpc) is 3.08. The molecule has 0 bridgehead atoms. The zero-order valence-electron chi connectivity index (χ0n) is 13.2. The van der Waals surface area contributed by atoms with Crippen molar-refractivity contribution in [2.45, 2.75) is 20.3 Å². The number of aryl methyl sites for hydroxylation is 1. The van der Waals surface area contributed by atoms with Crippen LogP contribution in [0.5, 0.6) is 0 Å². The zero-order chi connectivity index (χ0) is 16.4. The van der Waals surface area contributed by atoms with Crippen molar-refractivity contribution >= 4 is 28.6 Å². The van der Waals surface area contributed by atoms with Crippen LogP contribution >= 0.6 is 11.8 Å². The van der Waals surface area contributed by atoms with Crippen LogP contribution in [0.4, 0.5) is 5.82 Å². The number of rotatable bonds is 4. The summed E-state index contributed by atoms with van der Waals surface area (Å²) >= 11 is 1.29. The first-order chi connectivity index (χ1) is 11.1. The number of hydrogen-bond acceptors (Lipinski definition) is 4. The Bertz CT molecular complexity index is 727. The van der Waals surface area contributed by atoms with Gasteiger partial charge in [-0.25, -0.2) is 0 Å². The third-order valence-electron chi connectivity index (χ3n) is 3.97. The summed E-state index contributed by atoms with van der Waals surface area (Å²) in [4.78, 5) is 25.3. The lowest BCUT2D eigenvalue weighted by atomic mass is 10.1. The fourth-order valence-electron chi connectivity index (χ4n) is 2.90. The molecule has 1 saturated heterocycles. The molecule has 0 spiro atoms. The van der Waals surface area contributed by atoms with Crippen LogP contribution in [0.25, 0.3) is 11.1 Å². The van der Waals surface area contributed by atoms with Gasteiger partial charge in [0.05, 0.1) is 0 Å². The normalized spacial score (nSPS) is 17.7.